The largest absolute Gasteiger partial charge is 0.379 e. The molecular weight excluding hydrogens is 338 g/mol. The summed E-state index contributed by atoms with van der Waals surface area (Å²) in [7, 11) is 0. The molecule has 26 heavy (non-hydrogen) atoms. The Bertz CT molecular complexity index is 296. The third kappa shape index (κ3) is 21.3. The Morgan fingerprint density at radius 2 is 1.15 bits per heavy atom. The van der Waals surface area contributed by atoms with Gasteiger partial charge < -0.3 is 34.9 Å². The van der Waals surface area contributed by atoms with Gasteiger partial charge in [0.1, 0.15) is 0 Å². The molecule has 0 unspecified atom stereocenters. The molecule has 0 atom stereocenters. The number of likely N-dealkylation sites (N-methyl/N-ethyl adjacent to an activating group) is 1. The molecular formula is C18H39N3O5. The Balaban J connectivity index is 3.09. The highest BCUT2D eigenvalue weighted by molar-refractivity contribution is 5.75. The van der Waals surface area contributed by atoms with Crippen molar-refractivity contribution in [1.82, 2.24) is 16.0 Å². The van der Waals surface area contributed by atoms with Gasteiger partial charge in [-0.3, -0.25) is 4.79 Å². The third-order valence-corrected chi connectivity index (χ3v) is 3.37. The van der Waals surface area contributed by atoms with Gasteiger partial charge in [-0.1, -0.05) is 13.8 Å². The maximum Gasteiger partial charge on any atom is 0.222 e. The summed E-state index contributed by atoms with van der Waals surface area (Å²) in [5, 5.41) is 9.27. The fourth-order valence-corrected chi connectivity index (χ4v) is 1.95. The predicted octanol–water partition coefficient (Wildman–Crippen LogP) is 0.168. The van der Waals surface area contributed by atoms with Crippen molar-refractivity contribution in [3.8, 4) is 0 Å². The van der Waals surface area contributed by atoms with Crippen LogP contribution in [0.3, 0.4) is 0 Å². The Kier molecular flexibility index (Phi) is 21.6. The SMILES string of the molecule is CCNCCCNC(=O)CCOCCOCCOCCOCCNCC. The maximum absolute atomic E-state index is 11.5. The highest BCUT2D eigenvalue weighted by Crippen LogP contribution is 1.86. The first kappa shape index (κ1) is 25.2. The molecule has 0 saturated heterocycles. The summed E-state index contributed by atoms with van der Waals surface area (Å²) < 4.78 is 21.5. The minimum atomic E-state index is 0.0310. The van der Waals surface area contributed by atoms with Gasteiger partial charge in [0.05, 0.1) is 52.9 Å². The molecule has 3 N–H and O–H groups in total. The van der Waals surface area contributed by atoms with Crippen molar-refractivity contribution < 1.29 is 23.7 Å². The zero-order chi connectivity index (χ0) is 19.1. The smallest absolute Gasteiger partial charge is 0.222 e. The van der Waals surface area contributed by atoms with Crippen molar-refractivity contribution in [1.29, 1.82) is 0 Å². The summed E-state index contributed by atoms with van der Waals surface area (Å²) in [6, 6.07) is 0. The Labute approximate surface area is 158 Å². The van der Waals surface area contributed by atoms with Gasteiger partial charge in [0.15, 0.2) is 0 Å². The van der Waals surface area contributed by atoms with Crippen LogP contribution in [0.4, 0.5) is 0 Å². The van der Waals surface area contributed by atoms with Crippen LogP contribution in [-0.4, -0.2) is 91.5 Å². The van der Waals surface area contributed by atoms with Gasteiger partial charge in [0.2, 0.25) is 5.91 Å². The van der Waals surface area contributed by atoms with Crippen molar-refractivity contribution in [2.75, 3.05) is 85.6 Å². The van der Waals surface area contributed by atoms with E-state index in [2.05, 4.69) is 29.8 Å². The lowest BCUT2D eigenvalue weighted by atomic mass is 10.3. The number of amides is 1. The number of carbonyl (C=O) groups is 1. The van der Waals surface area contributed by atoms with Gasteiger partial charge >= 0.3 is 0 Å². The fourth-order valence-electron chi connectivity index (χ4n) is 1.95. The molecule has 156 valence electrons. The minimum absolute atomic E-state index is 0.0310. The van der Waals surface area contributed by atoms with E-state index in [-0.39, 0.29) is 5.91 Å². The topological polar surface area (TPSA) is 90.1 Å². The number of nitrogens with one attached hydrogen (secondary N) is 3. The second-order valence-electron chi connectivity index (χ2n) is 5.61. The molecule has 0 saturated carbocycles. The fraction of sp³-hybridized carbons (Fsp3) is 0.944. The quantitative estimate of drug-likeness (QED) is 0.246. The van der Waals surface area contributed by atoms with Crippen molar-refractivity contribution in [2.24, 2.45) is 0 Å². The Hall–Kier alpha value is -0.770. The number of hydrogen-bond acceptors (Lipinski definition) is 7. The second-order valence-corrected chi connectivity index (χ2v) is 5.61. The molecule has 0 aliphatic rings. The Morgan fingerprint density at radius 1 is 0.654 bits per heavy atom. The molecule has 0 radical (unpaired) electrons. The molecule has 0 spiro atoms. The van der Waals surface area contributed by atoms with Crippen LogP contribution < -0.4 is 16.0 Å². The van der Waals surface area contributed by atoms with E-state index in [4.69, 9.17) is 18.9 Å². The van der Waals surface area contributed by atoms with E-state index in [1.807, 2.05) is 0 Å². The minimum Gasteiger partial charge on any atom is -0.379 e. The summed E-state index contributed by atoms with van der Waals surface area (Å²) in [6.07, 6.45) is 1.33. The van der Waals surface area contributed by atoms with E-state index in [1.165, 1.54) is 0 Å². The molecule has 1 amide bonds. The van der Waals surface area contributed by atoms with Gasteiger partial charge in [-0.2, -0.15) is 0 Å². The van der Waals surface area contributed by atoms with Crippen molar-refractivity contribution >= 4 is 5.91 Å². The molecule has 0 aromatic carbocycles. The lowest BCUT2D eigenvalue weighted by Gasteiger charge is -2.08. The maximum atomic E-state index is 11.5. The van der Waals surface area contributed by atoms with Crippen LogP contribution in [0.15, 0.2) is 0 Å². The first-order valence-electron chi connectivity index (χ1n) is 9.80. The number of ether oxygens (including phenoxy) is 4. The molecule has 0 bridgehead atoms. The summed E-state index contributed by atoms with van der Waals surface area (Å²) in [5.74, 6) is 0.0310. The van der Waals surface area contributed by atoms with Crippen molar-refractivity contribution in [3.05, 3.63) is 0 Å². The van der Waals surface area contributed by atoms with Crippen LogP contribution in [0.2, 0.25) is 0 Å². The van der Waals surface area contributed by atoms with Gasteiger partial charge in [0, 0.05) is 19.5 Å². The molecule has 8 nitrogen and oxygen atoms in total. The molecule has 0 aromatic rings. The average Bonchev–Trinajstić information content (AvgIpc) is 2.64. The van der Waals surface area contributed by atoms with Gasteiger partial charge in [0.25, 0.3) is 0 Å². The number of hydrogen-bond donors (Lipinski definition) is 3. The van der Waals surface area contributed by atoms with E-state index < -0.39 is 0 Å². The van der Waals surface area contributed by atoms with E-state index in [1.54, 1.807) is 0 Å². The summed E-state index contributed by atoms with van der Waals surface area (Å²) in [4.78, 5) is 11.5. The van der Waals surface area contributed by atoms with Crippen LogP contribution in [0, 0.1) is 0 Å². The van der Waals surface area contributed by atoms with Crippen molar-refractivity contribution in [2.45, 2.75) is 26.7 Å². The molecule has 0 rings (SSSR count). The first-order chi connectivity index (χ1) is 12.8. The van der Waals surface area contributed by atoms with E-state index in [0.29, 0.717) is 65.8 Å². The van der Waals surface area contributed by atoms with Crippen LogP contribution in [0.1, 0.15) is 26.7 Å². The summed E-state index contributed by atoms with van der Waals surface area (Å²) >= 11 is 0. The van der Waals surface area contributed by atoms with Gasteiger partial charge in [-0.05, 0) is 26.1 Å². The van der Waals surface area contributed by atoms with Crippen LogP contribution in [0.5, 0.6) is 0 Å². The van der Waals surface area contributed by atoms with Crippen LogP contribution >= 0.6 is 0 Å². The van der Waals surface area contributed by atoms with Gasteiger partial charge in [-0.25, -0.2) is 0 Å². The van der Waals surface area contributed by atoms with Crippen LogP contribution in [0.25, 0.3) is 0 Å². The molecule has 0 aliphatic heterocycles. The zero-order valence-corrected chi connectivity index (χ0v) is 16.6. The standard InChI is InChI=1S/C18H39N3O5/c1-3-19-7-5-8-21-18(22)6-10-23-12-14-25-16-17-26-15-13-24-11-9-20-4-2/h19-20H,3-17H2,1-2H3,(H,21,22). The van der Waals surface area contributed by atoms with E-state index >= 15 is 0 Å². The molecule has 0 aromatic heterocycles. The molecule has 0 heterocycles. The highest BCUT2D eigenvalue weighted by atomic mass is 16.6. The summed E-state index contributed by atoms with van der Waals surface area (Å²) in [6.45, 7) is 12.9. The monoisotopic (exact) mass is 377 g/mol. The third-order valence-electron chi connectivity index (χ3n) is 3.37. The average molecular weight is 378 g/mol. The van der Waals surface area contributed by atoms with Gasteiger partial charge in [-0.15, -0.1) is 0 Å². The van der Waals surface area contributed by atoms with Crippen LogP contribution in [-0.2, 0) is 23.7 Å². The normalized spacial score (nSPS) is 11.0. The molecule has 0 aliphatic carbocycles. The molecule has 8 heteroatoms. The van der Waals surface area contributed by atoms with E-state index in [0.717, 1.165) is 32.6 Å². The lowest BCUT2D eigenvalue weighted by Crippen LogP contribution is -2.28. The lowest BCUT2D eigenvalue weighted by molar-refractivity contribution is -0.122. The Morgan fingerprint density at radius 3 is 1.73 bits per heavy atom. The van der Waals surface area contributed by atoms with E-state index in [9.17, 15) is 4.79 Å². The highest BCUT2D eigenvalue weighted by Gasteiger charge is 2.00. The number of rotatable bonds is 21. The second kappa shape index (κ2) is 22.3. The van der Waals surface area contributed by atoms with Crippen molar-refractivity contribution in [3.63, 3.8) is 0 Å². The number of carbonyl (C=O) groups excluding carboxylic acids is 1. The predicted molar refractivity (Wildman–Crippen MR) is 103 cm³/mol. The zero-order valence-electron chi connectivity index (χ0n) is 16.6. The summed E-state index contributed by atoms with van der Waals surface area (Å²) in [5.41, 5.74) is 0. The first-order valence-corrected chi connectivity index (χ1v) is 9.80. The molecule has 0 fully saturated rings.